The van der Waals surface area contributed by atoms with Crippen molar-refractivity contribution < 1.29 is 9.53 Å². The van der Waals surface area contributed by atoms with Gasteiger partial charge in [-0.1, -0.05) is 16.8 Å². The Morgan fingerprint density at radius 2 is 2.07 bits per heavy atom. The van der Waals surface area contributed by atoms with Gasteiger partial charge in [0.25, 0.3) is 5.91 Å². The Kier molecular flexibility index (Phi) is 4.77. The van der Waals surface area contributed by atoms with Crippen molar-refractivity contribution in [3.05, 3.63) is 53.4 Å². The third-order valence-corrected chi connectivity index (χ3v) is 4.69. The van der Waals surface area contributed by atoms with Gasteiger partial charge in [-0.05, 0) is 49.1 Å². The number of aromatic nitrogens is 4. The van der Waals surface area contributed by atoms with Gasteiger partial charge in [0.15, 0.2) is 5.69 Å². The minimum absolute atomic E-state index is 0.249. The van der Waals surface area contributed by atoms with E-state index in [4.69, 9.17) is 16.3 Å². The largest absolute Gasteiger partial charge is 0.494 e. The van der Waals surface area contributed by atoms with Gasteiger partial charge >= 0.3 is 0 Å². The molecule has 8 heteroatoms. The Morgan fingerprint density at radius 3 is 2.78 bits per heavy atom. The lowest BCUT2D eigenvalue weighted by molar-refractivity contribution is 0.0947. The number of methoxy groups -OCH3 is 1. The minimum Gasteiger partial charge on any atom is -0.494 e. The van der Waals surface area contributed by atoms with E-state index in [2.05, 4.69) is 20.6 Å². The predicted octanol–water partition coefficient (Wildman–Crippen LogP) is 3.13. The molecule has 1 fully saturated rings. The average Bonchev–Trinajstić information content (AvgIpc) is 3.42. The van der Waals surface area contributed by atoms with E-state index in [9.17, 15) is 4.79 Å². The molecular formula is C19H18ClN5O2. The molecule has 7 nitrogen and oxygen atoms in total. The van der Waals surface area contributed by atoms with Crippen LogP contribution < -0.4 is 10.1 Å². The quantitative estimate of drug-likeness (QED) is 0.707. The molecule has 0 atom stereocenters. The van der Waals surface area contributed by atoms with Crippen LogP contribution in [0.4, 0.5) is 0 Å². The molecule has 1 N–H and O–H groups in total. The summed E-state index contributed by atoms with van der Waals surface area (Å²) in [6, 6.07) is 8.83. The summed E-state index contributed by atoms with van der Waals surface area (Å²) in [6.07, 6.45) is 5.63. The van der Waals surface area contributed by atoms with Gasteiger partial charge in [0, 0.05) is 29.5 Å². The third kappa shape index (κ3) is 3.64. The molecule has 2 aromatic heterocycles. The van der Waals surface area contributed by atoms with Crippen molar-refractivity contribution in [2.24, 2.45) is 5.92 Å². The van der Waals surface area contributed by atoms with Crippen LogP contribution in [0.1, 0.15) is 23.3 Å². The van der Waals surface area contributed by atoms with E-state index >= 15 is 0 Å². The third-order valence-electron chi connectivity index (χ3n) is 4.46. The summed E-state index contributed by atoms with van der Waals surface area (Å²) in [5.41, 5.74) is 2.19. The molecular weight excluding hydrogens is 366 g/mol. The maximum Gasteiger partial charge on any atom is 0.274 e. The van der Waals surface area contributed by atoms with Crippen molar-refractivity contribution >= 4 is 17.5 Å². The fourth-order valence-corrected chi connectivity index (χ4v) is 3.01. The Morgan fingerprint density at radius 1 is 1.30 bits per heavy atom. The van der Waals surface area contributed by atoms with Crippen molar-refractivity contribution in [2.45, 2.75) is 12.8 Å². The predicted molar refractivity (Wildman–Crippen MR) is 101 cm³/mol. The second-order valence-electron chi connectivity index (χ2n) is 6.40. The number of ether oxygens (including phenoxy) is 1. The zero-order valence-electron chi connectivity index (χ0n) is 14.7. The highest BCUT2D eigenvalue weighted by atomic mass is 35.5. The van der Waals surface area contributed by atoms with Gasteiger partial charge in [-0.2, -0.15) is 0 Å². The molecule has 1 aromatic carbocycles. The molecule has 27 heavy (non-hydrogen) atoms. The van der Waals surface area contributed by atoms with Crippen molar-refractivity contribution in [2.75, 3.05) is 13.7 Å². The first-order chi connectivity index (χ1) is 13.2. The van der Waals surface area contributed by atoms with Crippen molar-refractivity contribution in [1.29, 1.82) is 0 Å². The molecule has 1 saturated carbocycles. The number of nitrogens with zero attached hydrogens (tertiary/aromatic N) is 4. The van der Waals surface area contributed by atoms with Gasteiger partial charge in [0.05, 0.1) is 7.11 Å². The molecule has 0 saturated heterocycles. The van der Waals surface area contributed by atoms with E-state index < -0.39 is 0 Å². The summed E-state index contributed by atoms with van der Waals surface area (Å²) in [7, 11) is 1.57. The van der Waals surface area contributed by atoms with Crippen LogP contribution in [-0.2, 0) is 0 Å². The molecule has 1 aliphatic carbocycles. The molecule has 0 bridgehead atoms. The molecule has 0 aliphatic heterocycles. The zero-order valence-corrected chi connectivity index (χ0v) is 15.5. The van der Waals surface area contributed by atoms with Crippen LogP contribution in [0.5, 0.6) is 5.75 Å². The topological polar surface area (TPSA) is 81.9 Å². The molecule has 2 heterocycles. The molecule has 1 amide bonds. The summed E-state index contributed by atoms with van der Waals surface area (Å²) in [4.78, 5) is 16.8. The molecule has 0 radical (unpaired) electrons. The van der Waals surface area contributed by atoms with Gasteiger partial charge in [-0.3, -0.25) is 9.78 Å². The number of hydrogen-bond donors (Lipinski definition) is 1. The van der Waals surface area contributed by atoms with Gasteiger partial charge in [-0.15, -0.1) is 5.10 Å². The lowest BCUT2D eigenvalue weighted by atomic mass is 10.1. The van der Waals surface area contributed by atoms with Crippen LogP contribution in [0.2, 0.25) is 5.02 Å². The molecule has 4 rings (SSSR count). The van der Waals surface area contributed by atoms with E-state index in [-0.39, 0.29) is 11.6 Å². The summed E-state index contributed by atoms with van der Waals surface area (Å²) in [5.74, 6) is 0.895. The summed E-state index contributed by atoms with van der Waals surface area (Å²) >= 11 is 6.18. The van der Waals surface area contributed by atoms with E-state index in [1.54, 1.807) is 42.4 Å². The standard InChI is InChI=1S/C19H18ClN5O2/c1-27-16-5-4-14(20)10-15(16)25-18(13-6-8-21-9-7-13)17(23-24-25)19(26)22-11-12-2-3-12/h4-10,12H,2-3,11H2,1H3,(H,22,26). The number of pyridine rings is 1. The van der Waals surface area contributed by atoms with Crippen molar-refractivity contribution in [3.63, 3.8) is 0 Å². The Balaban J connectivity index is 1.82. The second-order valence-corrected chi connectivity index (χ2v) is 6.84. The maximum atomic E-state index is 12.7. The van der Waals surface area contributed by atoms with Crippen molar-refractivity contribution in [3.8, 4) is 22.7 Å². The SMILES string of the molecule is COc1ccc(Cl)cc1-n1nnc(C(=O)NCC2CC2)c1-c1ccncc1. The number of amides is 1. The lowest BCUT2D eigenvalue weighted by Crippen LogP contribution is -2.26. The van der Waals surface area contributed by atoms with Gasteiger partial charge in [0.1, 0.15) is 17.1 Å². The number of nitrogens with one attached hydrogen (secondary N) is 1. The smallest absolute Gasteiger partial charge is 0.274 e. The number of carbonyl (C=O) groups excluding carboxylic acids is 1. The first-order valence-corrected chi connectivity index (χ1v) is 9.03. The number of hydrogen-bond acceptors (Lipinski definition) is 5. The van der Waals surface area contributed by atoms with Crippen LogP contribution in [0.15, 0.2) is 42.7 Å². The number of carbonyl (C=O) groups is 1. The molecule has 3 aromatic rings. The summed E-state index contributed by atoms with van der Waals surface area (Å²) in [5, 5.41) is 11.9. The zero-order chi connectivity index (χ0) is 18.8. The fourth-order valence-electron chi connectivity index (χ4n) is 2.84. The Labute approximate surface area is 161 Å². The van der Waals surface area contributed by atoms with Crippen LogP contribution in [0.25, 0.3) is 16.9 Å². The number of benzene rings is 1. The van der Waals surface area contributed by atoms with Gasteiger partial charge in [0.2, 0.25) is 0 Å². The van der Waals surface area contributed by atoms with Gasteiger partial charge < -0.3 is 10.1 Å². The first-order valence-electron chi connectivity index (χ1n) is 8.65. The fraction of sp³-hybridized carbons (Fsp3) is 0.263. The summed E-state index contributed by atoms with van der Waals surface area (Å²) < 4.78 is 7.02. The molecule has 138 valence electrons. The highest BCUT2D eigenvalue weighted by molar-refractivity contribution is 6.30. The number of halogens is 1. The van der Waals surface area contributed by atoms with Crippen molar-refractivity contribution in [1.82, 2.24) is 25.3 Å². The average molecular weight is 384 g/mol. The van der Waals surface area contributed by atoms with Crippen LogP contribution in [-0.4, -0.2) is 39.5 Å². The molecule has 0 spiro atoms. The molecule has 1 aliphatic rings. The second kappa shape index (κ2) is 7.36. The minimum atomic E-state index is -0.249. The highest BCUT2D eigenvalue weighted by Crippen LogP contribution is 2.32. The van der Waals surface area contributed by atoms with E-state index in [0.717, 1.165) is 18.4 Å². The number of rotatable bonds is 6. The maximum absolute atomic E-state index is 12.7. The van der Waals surface area contributed by atoms with Crippen LogP contribution in [0, 0.1) is 5.92 Å². The summed E-state index contributed by atoms with van der Waals surface area (Å²) in [6.45, 7) is 0.655. The molecule has 0 unspecified atom stereocenters. The first kappa shape index (κ1) is 17.5. The Bertz CT molecular complexity index is 969. The normalized spacial score (nSPS) is 13.4. The van der Waals surface area contributed by atoms with Gasteiger partial charge in [-0.25, -0.2) is 4.68 Å². The van der Waals surface area contributed by atoms with E-state index in [1.165, 1.54) is 0 Å². The highest BCUT2D eigenvalue weighted by Gasteiger charge is 2.26. The van der Waals surface area contributed by atoms with Crippen LogP contribution >= 0.6 is 11.6 Å². The lowest BCUT2D eigenvalue weighted by Gasteiger charge is -2.12. The van der Waals surface area contributed by atoms with Crippen LogP contribution in [0.3, 0.4) is 0 Å². The monoisotopic (exact) mass is 383 g/mol. The van der Waals surface area contributed by atoms with E-state index in [1.807, 2.05) is 12.1 Å². The van der Waals surface area contributed by atoms with E-state index in [0.29, 0.717) is 34.6 Å². The Hall–Kier alpha value is -2.93.